The summed E-state index contributed by atoms with van der Waals surface area (Å²) in [5.74, 6) is 0.258. The zero-order valence-electron chi connectivity index (χ0n) is 12.4. The number of ether oxygens (including phenoxy) is 1. The SMILES string of the molecule is O=C(N/N=C/c1ccc(F)s1)c1ccn(COc2ccccc2)n1. The van der Waals surface area contributed by atoms with Crippen LogP contribution < -0.4 is 10.2 Å². The van der Waals surface area contributed by atoms with Gasteiger partial charge in [0.2, 0.25) is 0 Å². The van der Waals surface area contributed by atoms with E-state index in [0.717, 1.165) is 11.3 Å². The maximum atomic E-state index is 12.8. The Morgan fingerprint density at radius 2 is 2.12 bits per heavy atom. The lowest BCUT2D eigenvalue weighted by atomic mass is 10.3. The predicted molar refractivity (Wildman–Crippen MR) is 88.6 cm³/mol. The minimum Gasteiger partial charge on any atom is -0.471 e. The molecule has 0 saturated heterocycles. The van der Waals surface area contributed by atoms with Crippen molar-refractivity contribution in [2.45, 2.75) is 6.73 Å². The molecule has 1 aromatic carbocycles. The molecule has 0 aliphatic heterocycles. The third-order valence-corrected chi connectivity index (χ3v) is 3.74. The van der Waals surface area contributed by atoms with Crippen molar-refractivity contribution in [2.75, 3.05) is 0 Å². The number of hydrogen-bond acceptors (Lipinski definition) is 5. The Hall–Kier alpha value is -3.00. The molecule has 3 rings (SSSR count). The second-order valence-electron chi connectivity index (χ2n) is 4.67. The van der Waals surface area contributed by atoms with Crippen molar-refractivity contribution in [3.8, 4) is 5.75 Å². The molecule has 0 bridgehead atoms. The molecule has 0 radical (unpaired) electrons. The van der Waals surface area contributed by atoms with E-state index in [4.69, 9.17) is 4.74 Å². The van der Waals surface area contributed by atoms with Crippen molar-refractivity contribution in [1.29, 1.82) is 0 Å². The van der Waals surface area contributed by atoms with Gasteiger partial charge < -0.3 is 4.74 Å². The number of halogens is 1. The summed E-state index contributed by atoms with van der Waals surface area (Å²) in [7, 11) is 0. The lowest BCUT2D eigenvalue weighted by Gasteiger charge is -2.05. The first-order valence-corrected chi connectivity index (χ1v) is 7.82. The van der Waals surface area contributed by atoms with Gasteiger partial charge in [-0.05, 0) is 30.3 Å². The molecule has 0 atom stereocenters. The molecule has 8 heteroatoms. The van der Waals surface area contributed by atoms with Gasteiger partial charge >= 0.3 is 0 Å². The van der Waals surface area contributed by atoms with E-state index in [1.807, 2.05) is 30.3 Å². The summed E-state index contributed by atoms with van der Waals surface area (Å²) in [5, 5.41) is 7.57. The number of rotatable bonds is 6. The molecule has 2 aromatic heterocycles. The molecular formula is C16H13FN4O2S. The molecule has 0 spiro atoms. The van der Waals surface area contributed by atoms with Gasteiger partial charge in [0.1, 0.15) is 5.75 Å². The van der Waals surface area contributed by atoms with E-state index in [0.29, 0.717) is 10.6 Å². The van der Waals surface area contributed by atoms with Gasteiger partial charge in [-0.15, -0.1) is 11.3 Å². The first-order valence-electron chi connectivity index (χ1n) is 7.01. The Labute approximate surface area is 141 Å². The molecule has 0 unspecified atom stereocenters. The Bertz CT molecular complexity index is 845. The average Bonchev–Trinajstić information content (AvgIpc) is 3.23. The third kappa shape index (κ3) is 4.26. The minimum atomic E-state index is -0.457. The van der Waals surface area contributed by atoms with E-state index in [2.05, 4.69) is 15.6 Å². The van der Waals surface area contributed by atoms with Crippen LogP contribution >= 0.6 is 11.3 Å². The van der Waals surface area contributed by atoms with E-state index < -0.39 is 5.91 Å². The van der Waals surface area contributed by atoms with Crippen LogP contribution in [0.3, 0.4) is 0 Å². The van der Waals surface area contributed by atoms with Crippen LogP contribution in [0.15, 0.2) is 59.8 Å². The Kier molecular flexibility index (Phi) is 4.97. The maximum Gasteiger partial charge on any atom is 0.291 e. The number of carbonyl (C=O) groups excluding carboxylic acids is 1. The third-order valence-electron chi connectivity index (χ3n) is 2.93. The quantitative estimate of drug-likeness (QED) is 0.552. The second-order valence-corrected chi connectivity index (χ2v) is 5.73. The molecule has 0 aliphatic carbocycles. The van der Waals surface area contributed by atoms with Crippen LogP contribution in [0.25, 0.3) is 0 Å². The number of nitrogens with zero attached hydrogens (tertiary/aromatic N) is 3. The highest BCUT2D eigenvalue weighted by Gasteiger charge is 2.08. The molecule has 0 aliphatic rings. The molecule has 3 aromatic rings. The van der Waals surface area contributed by atoms with Crippen LogP contribution in [-0.2, 0) is 6.73 Å². The van der Waals surface area contributed by atoms with Gasteiger partial charge in [0.25, 0.3) is 5.91 Å². The summed E-state index contributed by atoms with van der Waals surface area (Å²) >= 11 is 0.940. The van der Waals surface area contributed by atoms with Gasteiger partial charge in [-0.25, -0.2) is 10.1 Å². The lowest BCUT2D eigenvalue weighted by Crippen LogP contribution is -2.18. The number of carbonyl (C=O) groups is 1. The number of aromatic nitrogens is 2. The Balaban J connectivity index is 1.52. The summed E-state index contributed by atoms with van der Waals surface area (Å²) < 4.78 is 19.9. The normalized spacial score (nSPS) is 10.9. The first kappa shape index (κ1) is 15.9. The smallest absolute Gasteiger partial charge is 0.291 e. The van der Waals surface area contributed by atoms with Crippen LogP contribution in [-0.4, -0.2) is 21.9 Å². The Morgan fingerprint density at radius 1 is 1.29 bits per heavy atom. The first-order chi connectivity index (χ1) is 11.7. The monoisotopic (exact) mass is 344 g/mol. The fourth-order valence-corrected chi connectivity index (χ4v) is 2.42. The molecule has 122 valence electrons. The summed E-state index contributed by atoms with van der Waals surface area (Å²) in [4.78, 5) is 12.5. The van der Waals surface area contributed by atoms with E-state index in [1.54, 1.807) is 18.3 Å². The number of thiophene rings is 1. The zero-order chi connectivity index (χ0) is 16.8. The number of benzene rings is 1. The van der Waals surface area contributed by atoms with Crippen LogP contribution in [0, 0.1) is 5.13 Å². The zero-order valence-corrected chi connectivity index (χ0v) is 13.2. The second kappa shape index (κ2) is 7.51. The van der Waals surface area contributed by atoms with Gasteiger partial charge in [0, 0.05) is 6.20 Å². The van der Waals surface area contributed by atoms with Crippen molar-refractivity contribution in [3.63, 3.8) is 0 Å². The summed E-state index contributed by atoms with van der Waals surface area (Å²) in [6, 6.07) is 13.8. The molecule has 0 saturated carbocycles. The number of amides is 1. The summed E-state index contributed by atoms with van der Waals surface area (Å²) in [6.07, 6.45) is 3.01. The van der Waals surface area contributed by atoms with Crippen LogP contribution in [0.4, 0.5) is 4.39 Å². The molecule has 1 amide bonds. The number of para-hydroxylation sites is 1. The standard InChI is InChI=1S/C16H13FN4O2S/c17-15-7-6-13(24-15)10-18-19-16(22)14-8-9-21(20-14)11-23-12-4-2-1-3-5-12/h1-10H,11H2,(H,19,22)/b18-10+. The van der Waals surface area contributed by atoms with Crippen LogP contribution in [0.1, 0.15) is 15.4 Å². The highest BCUT2D eigenvalue weighted by atomic mass is 32.1. The van der Waals surface area contributed by atoms with E-state index in [1.165, 1.54) is 17.0 Å². The van der Waals surface area contributed by atoms with Gasteiger partial charge in [0.05, 0.1) is 11.1 Å². The maximum absolute atomic E-state index is 12.8. The largest absolute Gasteiger partial charge is 0.471 e. The predicted octanol–water partition coefficient (Wildman–Crippen LogP) is 2.88. The summed E-state index contributed by atoms with van der Waals surface area (Å²) in [6.45, 7) is 0.190. The van der Waals surface area contributed by atoms with Crippen molar-refractivity contribution < 1.29 is 13.9 Å². The van der Waals surface area contributed by atoms with Crippen molar-refractivity contribution in [3.05, 3.63) is 70.4 Å². The molecule has 0 fully saturated rings. The molecule has 24 heavy (non-hydrogen) atoms. The van der Waals surface area contributed by atoms with Crippen LogP contribution in [0.2, 0.25) is 0 Å². The topological polar surface area (TPSA) is 68.5 Å². The number of hydrazone groups is 1. The fraction of sp³-hybridized carbons (Fsp3) is 0.0625. The lowest BCUT2D eigenvalue weighted by molar-refractivity contribution is 0.0948. The fourth-order valence-electron chi connectivity index (χ4n) is 1.82. The van der Waals surface area contributed by atoms with E-state index in [9.17, 15) is 9.18 Å². The highest BCUT2D eigenvalue weighted by molar-refractivity contribution is 7.12. The number of hydrogen-bond donors (Lipinski definition) is 1. The van der Waals surface area contributed by atoms with E-state index >= 15 is 0 Å². The highest BCUT2D eigenvalue weighted by Crippen LogP contribution is 2.11. The molecule has 6 nitrogen and oxygen atoms in total. The molecule has 1 N–H and O–H groups in total. The number of nitrogens with one attached hydrogen (secondary N) is 1. The van der Waals surface area contributed by atoms with Gasteiger partial charge in [-0.1, -0.05) is 18.2 Å². The van der Waals surface area contributed by atoms with E-state index in [-0.39, 0.29) is 17.6 Å². The molecular weight excluding hydrogens is 331 g/mol. The minimum absolute atomic E-state index is 0.190. The van der Waals surface area contributed by atoms with Crippen LogP contribution in [0.5, 0.6) is 5.75 Å². The summed E-state index contributed by atoms with van der Waals surface area (Å²) in [5.41, 5.74) is 2.55. The average molecular weight is 344 g/mol. The Morgan fingerprint density at radius 3 is 2.88 bits per heavy atom. The molecule has 2 heterocycles. The van der Waals surface area contributed by atoms with Crippen molar-refractivity contribution >= 4 is 23.5 Å². The van der Waals surface area contributed by atoms with Gasteiger partial charge in [0.15, 0.2) is 17.6 Å². The van der Waals surface area contributed by atoms with Crippen molar-refractivity contribution in [2.24, 2.45) is 5.10 Å². The van der Waals surface area contributed by atoms with Gasteiger partial charge in [-0.3, -0.25) is 4.79 Å². The van der Waals surface area contributed by atoms with Gasteiger partial charge in [-0.2, -0.15) is 14.6 Å². The van der Waals surface area contributed by atoms with Crippen molar-refractivity contribution in [1.82, 2.24) is 15.2 Å².